The Morgan fingerprint density at radius 1 is 1.50 bits per heavy atom. The molecule has 1 fully saturated rings. The maximum atomic E-state index is 5.87. The Kier molecular flexibility index (Phi) is 2.68. The van der Waals surface area contributed by atoms with Crippen LogP contribution in [0.4, 0.5) is 5.69 Å². The molecule has 1 unspecified atom stereocenters. The summed E-state index contributed by atoms with van der Waals surface area (Å²) in [6.45, 7) is 7.98. The molecule has 0 radical (unpaired) electrons. The lowest BCUT2D eigenvalue weighted by Gasteiger charge is -2.21. The van der Waals surface area contributed by atoms with Crippen molar-refractivity contribution in [3.8, 4) is 0 Å². The van der Waals surface area contributed by atoms with Gasteiger partial charge >= 0.3 is 7.12 Å². The highest BCUT2D eigenvalue weighted by Crippen LogP contribution is 2.27. The Morgan fingerprint density at radius 2 is 2.19 bits per heavy atom. The van der Waals surface area contributed by atoms with Crippen LogP contribution in [0.25, 0.3) is 0 Å². The van der Waals surface area contributed by atoms with Gasteiger partial charge in [-0.25, -0.2) is 0 Å². The Labute approximate surface area is 96.3 Å². The molecule has 1 aromatic heterocycles. The summed E-state index contributed by atoms with van der Waals surface area (Å²) < 4.78 is 11.6. The molecular formula is C11H17BN2O2. The van der Waals surface area contributed by atoms with Gasteiger partial charge in [-0.15, -0.1) is 0 Å². The SMILES string of the molecule is Cc1ncc(N)cc1B1OC(C)C(C)(C)O1. The molecule has 1 aromatic rings. The summed E-state index contributed by atoms with van der Waals surface area (Å²) in [6, 6.07) is 1.86. The van der Waals surface area contributed by atoms with Gasteiger partial charge in [0.25, 0.3) is 0 Å². The largest absolute Gasteiger partial charge is 0.496 e. The number of aromatic nitrogens is 1. The maximum absolute atomic E-state index is 5.87. The first-order valence-electron chi connectivity index (χ1n) is 5.45. The minimum absolute atomic E-state index is 0.0540. The number of anilines is 1. The van der Waals surface area contributed by atoms with Crippen LogP contribution in [0.1, 0.15) is 26.5 Å². The van der Waals surface area contributed by atoms with Gasteiger partial charge in [-0.3, -0.25) is 4.98 Å². The summed E-state index contributed by atoms with van der Waals surface area (Å²) in [4.78, 5) is 4.21. The van der Waals surface area contributed by atoms with Crippen molar-refractivity contribution in [2.24, 2.45) is 0 Å². The first-order chi connectivity index (χ1) is 7.40. The minimum Gasteiger partial charge on any atom is -0.402 e. The fourth-order valence-electron chi connectivity index (χ4n) is 1.69. The van der Waals surface area contributed by atoms with Crippen LogP contribution in [-0.2, 0) is 9.31 Å². The van der Waals surface area contributed by atoms with Crippen LogP contribution in [0.15, 0.2) is 12.3 Å². The molecule has 1 aliphatic rings. The van der Waals surface area contributed by atoms with Gasteiger partial charge in [-0.1, -0.05) is 0 Å². The van der Waals surface area contributed by atoms with E-state index in [1.807, 2.05) is 33.8 Å². The third-order valence-corrected chi connectivity index (χ3v) is 3.12. The molecule has 2 N–H and O–H groups in total. The van der Waals surface area contributed by atoms with Crippen LogP contribution in [-0.4, -0.2) is 23.8 Å². The summed E-state index contributed by atoms with van der Waals surface area (Å²) >= 11 is 0. The maximum Gasteiger partial charge on any atom is 0.496 e. The van der Waals surface area contributed by atoms with Gasteiger partial charge in [0.15, 0.2) is 0 Å². The fourth-order valence-corrected chi connectivity index (χ4v) is 1.69. The highest BCUT2D eigenvalue weighted by Gasteiger charge is 2.44. The van der Waals surface area contributed by atoms with Crippen molar-refractivity contribution in [2.45, 2.75) is 39.4 Å². The van der Waals surface area contributed by atoms with Crippen molar-refractivity contribution >= 4 is 18.3 Å². The summed E-state index contributed by atoms with van der Waals surface area (Å²) in [6.07, 6.45) is 1.70. The van der Waals surface area contributed by atoms with Gasteiger partial charge in [0.2, 0.25) is 0 Å². The molecule has 4 nitrogen and oxygen atoms in total. The zero-order valence-corrected chi connectivity index (χ0v) is 10.2. The molecular weight excluding hydrogens is 203 g/mol. The third kappa shape index (κ3) is 1.93. The highest BCUT2D eigenvalue weighted by molar-refractivity contribution is 6.62. The summed E-state index contributed by atoms with van der Waals surface area (Å²) in [5, 5.41) is 0. The Bertz CT molecular complexity index is 409. The zero-order chi connectivity index (χ0) is 11.9. The molecule has 1 aliphatic heterocycles. The average molecular weight is 220 g/mol. The molecule has 0 saturated carbocycles. The van der Waals surface area contributed by atoms with Crippen molar-refractivity contribution in [3.63, 3.8) is 0 Å². The van der Waals surface area contributed by atoms with Gasteiger partial charge in [-0.2, -0.15) is 0 Å². The normalized spacial score (nSPS) is 23.8. The van der Waals surface area contributed by atoms with Crippen molar-refractivity contribution in [2.75, 3.05) is 5.73 Å². The van der Waals surface area contributed by atoms with E-state index in [9.17, 15) is 0 Å². The van der Waals surface area contributed by atoms with Crippen LogP contribution in [0, 0.1) is 6.92 Å². The molecule has 2 rings (SSSR count). The number of nitrogens with two attached hydrogens (primary N) is 1. The number of hydrogen-bond donors (Lipinski definition) is 1. The van der Waals surface area contributed by atoms with Crippen LogP contribution < -0.4 is 11.2 Å². The second-order valence-corrected chi connectivity index (χ2v) is 4.77. The van der Waals surface area contributed by atoms with E-state index in [2.05, 4.69) is 4.98 Å². The van der Waals surface area contributed by atoms with E-state index >= 15 is 0 Å². The molecule has 86 valence electrons. The molecule has 0 aliphatic carbocycles. The van der Waals surface area contributed by atoms with Gasteiger partial charge in [0, 0.05) is 23.0 Å². The number of nitrogens with zero attached hydrogens (tertiary/aromatic N) is 1. The molecule has 0 amide bonds. The van der Waals surface area contributed by atoms with Crippen molar-refractivity contribution < 1.29 is 9.31 Å². The Morgan fingerprint density at radius 3 is 2.75 bits per heavy atom. The van der Waals surface area contributed by atoms with Crippen molar-refractivity contribution in [1.82, 2.24) is 4.98 Å². The van der Waals surface area contributed by atoms with Crippen LogP contribution in [0.2, 0.25) is 0 Å². The van der Waals surface area contributed by atoms with Crippen LogP contribution in [0.5, 0.6) is 0 Å². The lowest BCUT2D eigenvalue weighted by atomic mass is 9.78. The molecule has 1 saturated heterocycles. The van der Waals surface area contributed by atoms with E-state index in [1.165, 1.54) is 0 Å². The Balaban J connectivity index is 2.30. The lowest BCUT2D eigenvalue weighted by Crippen LogP contribution is -2.37. The summed E-state index contributed by atoms with van der Waals surface area (Å²) in [5.41, 5.74) is 7.88. The van der Waals surface area contributed by atoms with Crippen LogP contribution >= 0.6 is 0 Å². The van der Waals surface area contributed by atoms with E-state index in [-0.39, 0.29) is 18.8 Å². The molecule has 0 spiro atoms. The van der Waals surface area contributed by atoms with E-state index in [0.29, 0.717) is 5.69 Å². The Hall–Kier alpha value is -1.07. The number of rotatable bonds is 1. The first-order valence-corrected chi connectivity index (χ1v) is 5.45. The number of hydrogen-bond acceptors (Lipinski definition) is 4. The second kappa shape index (κ2) is 3.75. The minimum atomic E-state index is -0.360. The van der Waals surface area contributed by atoms with Crippen molar-refractivity contribution in [1.29, 1.82) is 0 Å². The van der Waals surface area contributed by atoms with E-state index in [4.69, 9.17) is 15.0 Å². The second-order valence-electron chi connectivity index (χ2n) is 4.77. The monoisotopic (exact) mass is 220 g/mol. The van der Waals surface area contributed by atoms with Gasteiger partial charge < -0.3 is 15.0 Å². The first kappa shape index (κ1) is 11.4. The fraction of sp³-hybridized carbons (Fsp3) is 0.545. The number of nitrogen functional groups attached to an aromatic ring is 1. The van der Waals surface area contributed by atoms with Crippen molar-refractivity contribution in [3.05, 3.63) is 18.0 Å². The molecule has 2 heterocycles. The predicted molar refractivity (Wildman–Crippen MR) is 64.5 cm³/mol. The lowest BCUT2D eigenvalue weighted by molar-refractivity contribution is 0.0842. The topological polar surface area (TPSA) is 57.4 Å². The van der Waals surface area contributed by atoms with Crippen LogP contribution in [0.3, 0.4) is 0 Å². The smallest absolute Gasteiger partial charge is 0.402 e. The third-order valence-electron chi connectivity index (χ3n) is 3.12. The summed E-state index contributed by atoms with van der Waals surface area (Å²) in [7, 11) is -0.360. The quantitative estimate of drug-likeness (QED) is 0.713. The average Bonchev–Trinajstić information content (AvgIpc) is 2.45. The molecule has 5 heteroatoms. The molecule has 1 atom stereocenters. The van der Waals surface area contributed by atoms with Gasteiger partial charge in [0.1, 0.15) is 0 Å². The standard InChI is InChI=1S/C11H17BN2O2/c1-7-10(5-9(13)6-14-7)12-15-8(2)11(3,4)16-12/h5-6,8H,13H2,1-4H3. The van der Waals surface area contributed by atoms with Gasteiger partial charge in [0.05, 0.1) is 11.7 Å². The molecule has 0 aromatic carbocycles. The van der Waals surface area contributed by atoms with E-state index in [0.717, 1.165) is 11.2 Å². The van der Waals surface area contributed by atoms with Gasteiger partial charge in [-0.05, 0) is 33.8 Å². The highest BCUT2D eigenvalue weighted by atomic mass is 16.7. The number of pyridine rings is 1. The number of aryl methyl sites for hydroxylation is 1. The van der Waals surface area contributed by atoms with E-state index < -0.39 is 0 Å². The van der Waals surface area contributed by atoms with E-state index in [1.54, 1.807) is 6.20 Å². The summed E-state index contributed by atoms with van der Waals surface area (Å²) in [5.74, 6) is 0. The zero-order valence-electron chi connectivity index (χ0n) is 10.2. The molecule has 0 bridgehead atoms. The molecule has 16 heavy (non-hydrogen) atoms. The predicted octanol–water partition coefficient (Wildman–Crippen LogP) is 0.881.